The van der Waals surface area contributed by atoms with Crippen LogP contribution in [0.5, 0.6) is 5.75 Å². The molecule has 0 aliphatic heterocycles. The van der Waals surface area contributed by atoms with E-state index < -0.39 is 0 Å². The third-order valence-corrected chi connectivity index (χ3v) is 5.17. The molecule has 0 atom stereocenters. The normalized spacial score (nSPS) is 19.0. The number of benzene rings is 1. The second-order valence-electron chi connectivity index (χ2n) is 7.48. The van der Waals surface area contributed by atoms with Crippen molar-refractivity contribution in [2.24, 2.45) is 11.8 Å². The van der Waals surface area contributed by atoms with Crippen molar-refractivity contribution in [2.75, 3.05) is 6.61 Å². The standard InChI is InChI=1S/C26H34O/c1-3-5-10-22-27-26-20-18-25(19-21-26)13-9-7-6-8-12-24-16-14-23(11-4-2)15-17-24/h6-7,18-21,23-24H,3-5,10-11,14-17,22H2,1-2H3. The Kier molecular flexibility index (Phi) is 10.3. The Bertz CT molecular complexity index is 667. The first kappa shape index (κ1) is 21.2. The monoisotopic (exact) mass is 362 g/mol. The van der Waals surface area contributed by atoms with Crippen LogP contribution < -0.4 is 4.74 Å². The van der Waals surface area contributed by atoms with Gasteiger partial charge in [-0.3, -0.25) is 0 Å². The summed E-state index contributed by atoms with van der Waals surface area (Å²) in [6.45, 7) is 5.28. The van der Waals surface area contributed by atoms with E-state index in [2.05, 4.69) is 37.5 Å². The molecule has 1 aromatic carbocycles. The lowest BCUT2D eigenvalue weighted by Gasteiger charge is -2.25. The molecule has 0 saturated heterocycles. The molecule has 0 radical (unpaired) electrons. The summed E-state index contributed by atoms with van der Waals surface area (Å²) in [6.07, 6.45) is 15.2. The van der Waals surface area contributed by atoms with Gasteiger partial charge in [0.2, 0.25) is 0 Å². The van der Waals surface area contributed by atoms with Crippen molar-refractivity contribution in [1.82, 2.24) is 0 Å². The molecule has 0 unspecified atom stereocenters. The maximum Gasteiger partial charge on any atom is 0.119 e. The lowest BCUT2D eigenvalue weighted by atomic mass is 9.80. The zero-order valence-corrected chi connectivity index (χ0v) is 17.1. The van der Waals surface area contributed by atoms with Crippen LogP contribution in [0.15, 0.2) is 36.4 Å². The largest absolute Gasteiger partial charge is 0.494 e. The van der Waals surface area contributed by atoms with Gasteiger partial charge in [-0.25, -0.2) is 0 Å². The van der Waals surface area contributed by atoms with Crippen LogP contribution in [-0.2, 0) is 0 Å². The Hall–Kier alpha value is -2.12. The van der Waals surface area contributed by atoms with E-state index in [4.69, 9.17) is 4.74 Å². The first-order valence-corrected chi connectivity index (χ1v) is 10.7. The lowest BCUT2D eigenvalue weighted by molar-refractivity contribution is 0.300. The van der Waals surface area contributed by atoms with Crippen LogP contribution in [0.4, 0.5) is 0 Å². The first-order chi connectivity index (χ1) is 13.3. The zero-order chi connectivity index (χ0) is 19.2. The van der Waals surface area contributed by atoms with Gasteiger partial charge in [0.05, 0.1) is 6.61 Å². The number of ether oxygens (including phenoxy) is 1. The van der Waals surface area contributed by atoms with Crippen molar-refractivity contribution in [1.29, 1.82) is 0 Å². The molecular weight excluding hydrogens is 328 g/mol. The fourth-order valence-corrected chi connectivity index (χ4v) is 3.55. The Morgan fingerprint density at radius 2 is 1.67 bits per heavy atom. The quantitative estimate of drug-likeness (QED) is 0.384. The molecule has 0 N–H and O–H groups in total. The van der Waals surface area contributed by atoms with Crippen molar-refractivity contribution >= 4 is 0 Å². The molecule has 1 aliphatic carbocycles. The van der Waals surface area contributed by atoms with Crippen LogP contribution >= 0.6 is 0 Å². The minimum Gasteiger partial charge on any atom is -0.494 e. The Morgan fingerprint density at radius 3 is 2.37 bits per heavy atom. The summed E-state index contributed by atoms with van der Waals surface area (Å²) in [5.74, 6) is 15.2. The summed E-state index contributed by atoms with van der Waals surface area (Å²) in [5.41, 5.74) is 1.00. The van der Waals surface area contributed by atoms with Crippen LogP contribution in [0.3, 0.4) is 0 Å². The molecule has 1 fully saturated rings. The highest BCUT2D eigenvalue weighted by molar-refractivity contribution is 5.40. The molecule has 1 aromatic rings. The summed E-state index contributed by atoms with van der Waals surface area (Å²) in [7, 11) is 0. The smallest absolute Gasteiger partial charge is 0.119 e. The van der Waals surface area contributed by atoms with Gasteiger partial charge in [0.25, 0.3) is 0 Å². The molecule has 27 heavy (non-hydrogen) atoms. The third-order valence-electron chi connectivity index (χ3n) is 5.17. The Balaban J connectivity index is 1.70. The highest BCUT2D eigenvalue weighted by Gasteiger charge is 2.18. The highest BCUT2D eigenvalue weighted by atomic mass is 16.5. The van der Waals surface area contributed by atoms with E-state index in [9.17, 15) is 0 Å². The van der Waals surface area contributed by atoms with Gasteiger partial charge in [-0.1, -0.05) is 63.2 Å². The second kappa shape index (κ2) is 13.1. The zero-order valence-electron chi connectivity index (χ0n) is 17.1. The van der Waals surface area contributed by atoms with Gasteiger partial charge in [0, 0.05) is 11.5 Å². The van der Waals surface area contributed by atoms with Crippen LogP contribution in [0.2, 0.25) is 0 Å². The van der Waals surface area contributed by atoms with Crippen molar-refractivity contribution < 1.29 is 4.74 Å². The van der Waals surface area contributed by atoms with E-state index in [0.29, 0.717) is 5.92 Å². The molecular formula is C26H34O. The van der Waals surface area contributed by atoms with E-state index >= 15 is 0 Å². The topological polar surface area (TPSA) is 9.23 Å². The van der Waals surface area contributed by atoms with Gasteiger partial charge in [-0.2, -0.15) is 0 Å². The third kappa shape index (κ3) is 8.88. The van der Waals surface area contributed by atoms with Gasteiger partial charge in [0.15, 0.2) is 0 Å². The van der Waals surface area contributed by atoms with Crippen LogP contribution in [0.25, 0.3) is 0 Å². The average molecular weight is 363 g/mol. The fraction of sp³-hybridized carbons (Fsp3) is 0.538. The molecule has 144 valence electrons. The number of rotatable bonds is 7. The summed E-state index contributed by atoms with van der Waals surface area (Å²) in [6, 6.07) is 8.01. The van der Waals surface area contributed by atoms with Crippen LogP contribution in [0.1, 0.15) is 77.2 Å². The van der Waals surface area contributed by atoms with Gasteiger partial charge in [-0.15, -0.1) is 0 Å². The van der Waals surface area contributed by atoms with Gasteiger partial charge < -0.3 is 4.74 Å². The Morgan fingerprint density at radius 1 is 0.926 bits per heavy atom. The molecule has 2 rings (SSSR count). The molecule has 1 aliphatic rings. The minimum absolute atomic E-state index is 0.584. The summed E-state index contributed by atoms with van der Waals surface area (Å²) in [5, 5.41) is 0. The number of allylic oxidation sites excluding steroid dienone is 2. The lowest BCUT2D eigenvalue weighted by Crippen LogP contribution is -2.12. The average Bonchev–Trinajstić information content (AvgIpc) is 2.70. The van der Waals surface area contributed by atoms with Crippen molar-refractivity contribution in [3.05, 3.63) is 42.0 Å². The molecule has 1 saturated carbocycles. The van der Waals surface area contributed by atoms with E-state index in [1.54, 1.807) is 0 Å². The second-order valence-corrected chi connectivity index (χ2v) is 7.48. The minimum atomic E-state index is 0.584. The highest BCUT2D eigenvalue weighted by Crippen LogP contribution is 2.30. The number of hydrogen-bond acceptors (Lipinski definition) is 1. The number of unbranched alkanes of at least 4 members (excludes halogenated alkanes) is 2. The predicted octanol–water partition coefficient (Wildman–Crippen LogP) is 6.77. The van der Waals surface area contributed by atoms with Crippen molar-refractivity contribution in [3.63, 3.8) is 0 Å². The summed E-state index contributed by atoms with van der Waals surface area (Å²) in [4.78, 5) is 0. The maximum atomic E-state index is 5.72. The SMILES string of the molecule is CCCCCOc1ccc(C#CC=CC#CC2CCC(CCC)CC2)cc1. The van der Waals surface area contributed by atoms with Gasteiger partial charge in [-0.05, 0) is 74.4 Å². The fourth-order valence-electron chi connectivity index (χ4n) is 3.55. The summed E-state index contributed by atoms with van der Waals surface area (Å²) >= 11 is 0. The van der Waals surface area contributed by atoms with E-state index in [1.165, 1.54) is 51.4 Å². The van der Waals surface area contributed by atoms with E-state index in [1.807, 2.05) is 36.4 Å². The molecule has 0 bridgehead atoms. The molecule has 0 heterocycles. The van der Waals surface area contributed by atoms with Crippen LogP contribution in [-0.4, -0.2) is 6.61 Å². The van der Waals surface area contributed by atoms with Gasteiger partial charge in [0.1, 0.15) is 5.75 Å². The van der Waals surface area contributed by atoms with E-state index in [-0.39, 0.29) is 0 Å². The summed E-state index contributed by atoms with van der Waals surface area (Å²) < 4.78 is 5.72. The molecule has 0 aromatic heterocycles. The van der Waals surface area contributed by atoms with Gasteiger partial charge >= 0.3 is 0 Å². The predicted molar refractivity (Wildman–Crippen MR) is 116 cm³/mol. The molecule has 0 spiro atoms. The number of hydrogen-bond donors (Lipinski definition) is 0. The van der Waals surface area contributed by atoms with Crippen LogP contribution in [0, 0.1) is 35.5 Å². The molecule has 1 heteroatoms. The first-order valence-electron chi connectivity index (χ1n) is 10.7. The maximum absolute atomic E-state index is 5.72. The molecule has 1 nitrogen and oxygen atoms in total. The Labute approximate surface area is 166 Å². The van der Waals surface area contributed by atoms with Crippen molar-refractivity contribution in [2.45, 2.75) is 71.6 Å². The van der Waals surface area contributed by atoms with E-state index in [0.717, 1.165) is 30.3 Å². The molecule has 0 amide bonds. The van der Waals surface area contributed by atoms with Crippen molar-refractivity contribution in [3.8, 4) is 29.4 Å².